The summed E-state index contributed by atoms with van der Waals surface area (Å²) in [5.74, 6) is 0.593. The highest BCUT2D eigenvalue weighted by Crippen LogP contribution is 2.21. The molecule has 0 aromatic heterocycles. The van der Waals surface area contributed by atoms with E-state index in [1.54, 1.807) is 0 Å². The third-order valence-corrected chi connectivity index (χ3v) is 1.80. The fraction of sp³-hybridized carbons (Fsp3) is 0.889. The molecule has 0 radical (unpaired) electrons. The zero-order valence-corrected chi connectivity index (χ0v) is 7.69. The van der Waals surface area contributed by atoms with Gasteiger partial charge in [-0.25, -0.2) is 0 Å². The molecule has 1 atom stereocenters. The van der Waals surface area contributed by atoms with E-state index < -0.39 is 0 Å². The van der Waals surface area contributed by atoms with Crippen molar-refractivity contribution in [1.29, 1.82) is 0 Å². The molecular weight excluding hydrogens is 124 g/mol. The van der Waals surface area contributed by atoms with Crippen LogP contribution in [-0.2, 0) is 4.79 Å². The second kappa shape index (κ2) is 3.18. The van der Waals surface area contributed by atoms with Gasteiger partial charge in [-0.15, -0.1) is 0 Å². The lowest BCUT2D eigenvalue weighted by Crippen LogP contribution is -2.26. The molecule has 0 aliphatic heterocycles. The van der Waals surface area contributed by atoms with E-state index in [1.807, 2.05) is 34.6 Å². The molecule has 0 heterocycles. The zero-order chi connectivity index (χ0) is 8.36. The summed E-state index contributed by atoms with van der Waals surface area (Å²) in [5, 5.41) is 0. The maximum Gasteiger partial charge on any atom is 0.140 e. The molecule has 0 spiro atoms. The normalized spacial score (nSPS) is 14.9. The van der Waals surface area contributed by atoms with Gasteiger partial charge in [-0.05, 0) is 6.42 Å². The molecule has 0 bridgehead atoms. The van der Waals surface area contributed by atoms with Crippen LogP contribution in [-0.4, -0.2) is 5.78 Å². The summed E-state index contributed by atoms with van der Waals surface area (Å²) < 4.78 is 0. The van der Waals surface area contributed by atoms with Crippen molar-refractivity contribution < 1.29 is 4.79 Å². The van der Waals surface area contributed by atoms with Gasteiger partial charge >= 0.3 is 0 Å². The van der Waals surface area contributed by atoms with Crippen molar-refractivity contribution in [3.8, 4) is 0 Å². The van der Waals surface area contributed by atoms with Gasteiger partial charge in [-0.2, -0.15) is 0 Å². The Morgan fingerprint density at radius 3 is 1.90 bits per heavy atom. The third-order valence-electron chi connectivity index (χ3n) is 1.80. The van der Waals surface area contributed by atoms with Crippen molar-refractivity contribution in [2.45, 2.75) is 41.0 Å². The Morgan fingerprint density at radius 1 is 1.40 bits per heavy atom. The van der Waals surface area contributed by atoms with Crippen molar-refractivity contribution >= 4 is 5.78 Å². The molecule has 0 saturated heterocycles. The molecule has 0 aromatic rings. The number of carbonyl (C=O) groups is 1. The predicted molar refractivity (Wildman–Crippen MR) is 43.9 cm³/mol. The van der Waals surface area contributed by atoms with Crippen LogP contribution in [0.1, 0.15) is 41.0 Å². The molecule has 0 N–H and O–H groups in total. The van der Waals surface area contributed by atoms with E-state index in [2.05, 4.69) is 0 Å². The molecule has 60 valence electrons. The average molecular weight is 142 g/mol. The Balaban J connectivity index is 4.09. The fourth-order valence-corrected chi connectivity index (χ4v) is 0.925. The van der Waals surface area contributed by atoms with Gasteiger partial charge < -0.3 is 0 Å². The summed E-state index contributed by atoms with van der Waals surface area (Å²) in [6.07, 6.45) is 0.954. The molecule has 0 fully saturated rings. The maximum absolute atomic E-state index is 11.4. The molecule has 0 aliphatic carbocycles. The molecule has 0 rings (SSSR count). The van der Waals surface area contributed by atoms with Crippen molar-refractivity contribution in [2.75, 3.05) is 0 Å². The quantitative estimate of drug-likeness (QED) is 0.579. The number of carbonyl (C=O) groups excluding carboxylic acids is 1. The van der Waals surface area contributed by atoms with Gasteiger partial charge in [0, 0.05) is 11.3 Å². The largest absolute Gasteiger partial charge is 0.299 e. The first kappa shape index (κ1) is 9.67. The molecule has 0 aliphatic rings. The van der Waals surface area contributed by atoms with Crippen LogP contribution >= 0.6 is 0 Å². The van der Waals surface area contributed by atoms with E-state index in [4.69, 9.17) is 0 Å². The standard InChI is InChI=1S/C9H18O/c1-6-7(2)8(10)9(3,4)5/h7H,6H2,1-5H3/t7-/m0/s1. The van der Waals surface area contributed by atoms with E-state index in [1.165, 1.54) is 0 Å². The highest BCUT2D eigenvalue weighted by Gasteiger charge is 2.24. The molecule has 10 heavy (non-hydrogen) atoms. The Morgan fingerprint density at radius 2 is 1.80 bits per heavy atom. The predicted octanol–water partition coefficient (Wildman–Crippen LogP) is 2.65. The Labute approximate surface area is 63.8 Å². The number of Topliss-reactive ketones (excluding diaryl/α,β-unsaturated/α-hetero) is 1. The van der Waals surface area contributed by atoms with E-state index in [-0.39, 0.29) is 11.3 Å². The highest BCUT2D eigenvalue weighted by atomic mass is 16.1. The maximum atomic E-state index is 11.4. The van der Waals surface area contributed by atoms with Crippen LogP contribution < -0.4 is 0 Å². The molecule has 0 aromatic carbocycles. The van der Waals surface area contributed by atoms with Crippen LogP contribution in [0.5, 0.6) is 0 Å². The van der Waals surface area contributed by atoms with E-state index in [0.29, 0.717) is 5.78 Å². The van der Waals surface area contributed by atoms with Gasteiger partial charge in [0.05, 0.1) is 0 Å². The zero-order valence-electron chi connectivity index (χ0n) is 7.69. The van der Waals surface area contributed by atoms with Crippen LogP contribution in [0.25, 0.3) is 0 Å². The van der Waals surface area contributed by atoms with E-state index in [0.717, 1.165) is 6.42 Å². The smallest absolute Gasteiger partial charge is 0.140 e. The Hall–Kier alpha value is -0.330. The molecule has 1 heteroatoms. The summed E-state index contributed by atoms with van der Waals surface area (Å²) >= 11 is 0. The molecular formula is C9H18O. The van der Waals surface area contributed by atoms with Gasteiger partial charge in [-0.1, -0.05) is 34.6 Å². The van der Waals surface area contributed by atoms with Crippen molar-refractivity contribution in [3.05, 3.63) is 0 Å². The monoisotopic (exact) mass is 142 g/mol. The second-order valence-electron chi connectivity index (χ2n) is 3.92. The third kappa shape index (κ3) is 2.51. The summed E-state index contributed by atoms with van der Waals surface area (Å²) in [6, 6.07) is 0. The van der Waals surface area contributed by atoms with Gasteiger partial charge in [0.15, 0.2) is 0 Å². The van der Waals surface area contributed by atoms with Crippen LogP contribution in [0.2, 0.25) is 0 Å². The van der Waals surface area contributed by atoms with Crippen molar-refractivity contribution in [1.82, 2.24) is 0 Å². The first-order valence-electron chi connectivity index (χ1n) is 3.94. The summed E-state index contributed by atoms with van der Waals surface area (Å²) in [5.41, 5.74) is -0.157. The second-order valence-corrected chi connectivity index (χ2v) is 3.92. The lowest BCUT2D eigenvalue weighted by atomic mass is 9.83. The minimum Gasteiger partial charge on any atom is -0.299 e. The number of hydrogen-bond acceptors (Lipinski definition) is 1. The highest BCUT2D eigenvalue weighted by molar-refractivity contribution is 5.85. The topological polar surface area (TPSA) is 17.1 Å². The summed E-state index contributed by atoms with van der Waals surface area (Å²) in [7, 11) is 0. The number of rotatable bonds is 2. The van der Waals surface area contributed by atoms with Crippen LogP contribution in [0.4, 0.5) is 0 Å². The van der Waals surface area contributed by atoms with Crippen LogP contribution in [0, 0.1) is 11.3 Å². The van der Waals surface area contributed by atoms with Gasteiger partial charge in [0.2, 0.25) is 0 Å². The van der Waals surface area contributed by atoms with E-state index in [9.17, 15) is 4.79 Å². The average Bonchev–Trinajstić information content (AvgIpc) is 1.83. The lowest BCUT2D eigenvalue weighted by molar-refractivity contribution is -0.129. The molecule has 1 nitrogen and oxygen atoms in total. The molecule has 0 saturated carbocycles. The first-order chi connectivity index (χ1) is 4.39. The Kier molecular flexibility index (Phi) is 3.07. The van der Waals surface area contributed by atoms with Gasteiger partial charge in [0.25, 0.3) is 0 Å². The number of ketones is 1. The van der Waals surface area contributed by atoms with Crippen LogP contribution in [0.3, 0.4) is 0 Å². The molecule has 0 unspecified atom stereocenters. The minimum atomic E-state index is -0.157. The SMILES string of the molecule is CC[C@H](C)C(=O)C(C)(C)C. The fourth-order valence-electron chi connectivity index (χ4n) is 0.925. The lowest BCUT2D eigenvalue weighted by Gasteiger charge is -2.20. The van der Waals surface area contributed by atoms with E-state index >= 15 is 0 Å². The van der Waals surface area contributed by atoms with Crippen molar-refractivity contribution in [3.63, 3.8) is 0 Å². The Bertz CT molecular complexity index is 119. The van der Waals surface area contributed by atoms with Crippen LogP contribution in [0.15, 0.2) is 0 Å². The summed E-state index contributed by atoms with van der Waals surface area (Å²) in [4.78, 5) is 11.4. The number of hydrogen-bond donors (Lipinski definition) is 0. The molecule has 0 amide bonds. The van der Waals surface area contributed by atoms with Crippen molar-refractivity contribution in [2.24, 2.45) is 11.3 Å². The summed E-state index contributed by atoms with van der Waals surface area (Å²) in [6.45, 7) is 9.96. The first-order valence-corrected chi connectivity index (χ1v) is 3.94. The van der Waals surface area contributed by atoms with Gasteiger partial charge in [-0.3, -0.25) is 4.79 Å². The van der Waals surface area contributed by atoms with Gasteiger partial charge in [0.1, 0.15) is 5.78 Å². The minimum absolute atomic E-state index is 0.157.